The number of aryl methyl sites for hydroxylation is 1. The van der Waals surface area contributed by atoms with Crippen molar-refractivity contribution >= 4 is 22.8 Å². The molecule has 1 aromatic carbocycles. The quantitative estimate of drug-likeness (QED) is 0.913. The van der Waals surface area contributed by atoms with Gasteiger partial charge in [-0.15, -0.1) is 0 Å². The number of nitrogens with zero attached hydrogens (tertiary/aromatic N) is 2. The smallest absolute Gasteiger partial charge is 0.306 e. The number of carboxylic acids is 1. The van der Waals surface area contributed by atoms with Crippen LogP contribution in [-0.2, 0) is 16.1 Å². The van der Waals surface area contributed by atoms with Crippen molar-refractivity contribution in [3.63, 3.8) is 0 Å². The highest BCUT2D eigenvalue weighted by Crippen LogP contribution is 2.22. The molecule has 2 heterocycles. The molecule has 2 aromatic rings. The van der Waals surface area contributed by atoms with Crippen LogP contribution in [0.25, 0.3) is 10.9 Å². The lowest BCUT2D eigenvalue weighted by Crippen LogP contribution is -2.40. The monoisotopic (exact) mass is 330 g/mol. The molecule has 128 valence electrons. The number of aliphatic carboxylic acids is 1. The molecule has 24 heavy (non-hydrogen) atoms. The first kappa shape index (κ1) is 16.4. The SMILES string of the molecule is COc1ccc2c(ccn2CCC(=O)N2CCC(C(=O)O)CC2)c1. The van der Waals surface area contributed by atoms with Gasteiger partial charge in [-0.25, -0.2) is 0 Å². The maximum Gasteiger partial charge on any atom is 0.306 e. The van der Waals surface area contributed by atoms with E-state index in [0.29, 0.717) is 38.9 Å². The van der Waals surface area contributed by atoms with E-state index in [0.717, 1.165) is 16.7 Å². The summed E-state index contributed by atoms with van der Waals surface area (Å²) in [5.74, 6) is -0.152. The third-order valence-electron chi connectivity index (χ3n) is 4.74. The van der Waals surface area contributed by atoms with E-state index in [1.54, 1.807) is 12.0 Å². The summed E-state index contributed by atoms with van der Waals surface area (Å²) in [6, 6.07) is 7.90. The van der Waals surface area contributed by atoms with E-state index in [1.165, 1.54) is 0 Å². The van der Waals surface area contributed by atoms with E-state index >= 15 is 0 Å². The fraction of sp³-hybridized carbons (Fsp3) is 0.444. The van der Waals surface area contributed by atoms with Crippen molar-refractivity contribution in [3.8, 4) is 5.75 Å². The summed E-state index contributed by atoms with van der Waals surface area (Å²) >= 11 is 0. The van der Waals surface area contributed by atoms with Gasteiger partial charge in [-0.1, -0.05) is 0 Å². The van der Waals surface area contributed by atoms with Crippen LogP contribution in [0.5, 0.6) is 5.75 Å². The van der Waals surface area contributed by atoms with Crippen molar-refractivity contribution in [3.05, 3.63) is 30.5 Å². The van der Waals surface area contributed by atoms with E-state index in [1.807, 2.05) is 30.5 Å². The number of methoxy groups -OCH3 is 1. The molecule has 1 fully saturated rings. The Kier molecular flexibility index (Phi) is 4.74. The Morgan fingerprint density at radius 1 is 1.25 bits per heavy atom. The van der Waals surface area contributed by atoms with Crippen LogP contribution in [0.3, 0.4) is 0 Å². The molecular formula is C18H22N2O4. The summed E-state index contributed by atoms with van der Waals surface area (Å²) < 4.78 is 7.29. The van der Waals surface area contributed by atoms with Gasteiger partial charge in [0.25, 0.3) is 0 Å². The van der Waals surface area contributed by atoms with Gasteiger partial charge in [0.2, 0.25) is 5.91 Å². The van der Waals surface area contributed by atoms with Gasteiger partial charge < -0.3 is 19.3 Å². The Balaban J connectivity index is 1.58. The van der Waals surface area contributed by atoms with E-state index in [2.05, 4.69) is 4.57 Å². The molecule has 0 spiro atoms. The van der Waals surface area contributed by atoms with Crippen molar-refractivity contribution in [1.82, 2.24) is 9.47 Å². The molecule has 1 amide bonds. The normalized spacial score (nSPS) is 15.6. The van der Waals surface area contributed by atoms with E-state index in [-0.39, 0.29) is 11.8 Å². The number of likely N-dealkylation sites (tertiary alicyclic amines) is 1. The Morgan fingerprint density at radius 2 is 2.00 bits per heavy atom. The maximum atomic E-state index is 12.4. The fourth-order valence-corrected chi connectivity index (χ4v) is 3.25. The lowest BCUT2D eigenvalue weighted by atomic mass is 9.97. The van der Waals surface area contributed by atoms with E-state index in [4.69, 9.17) is 9.84 Å². The van der Waals surface area contributed by atoms with Crippen LogP contribution in [0.2, 0.25) is 0 Å². The van der Waals surface area contributed by atoms with Crippen molar-refractivity contribution < 1.29 is 19.4 Å². The van der Waals surface area contributed by atoms with Crippen LogP contribution in [0, 0.1) is 5.92 Å². The van der Waals surface area contributed by atoms with Crippen LogP contribution in [0.1, 0.15) is 19.3 Å². The molecule has 1 aromatic heterocycles. The van der Waals surface area contributed by atoms with E-state index in [9.17, 15) is 9.59 Å². The maximum absolute atomic E-state index is 12.4. The molecule has 1 aliphatic heterocycles. The molecule has 1 N–H and O–H groups in total. The summed E-state index contributed by atoms with van der Waals surface area (Å²) in [6.07, 6.45) is 3.50. The molecule has 3 rings (SSSR count). The van der Waals surface area contributed by atoms with Gasteiger partial charge in [0.1, 0.15) is 5.75 Å². The predicted octanol–water partition coefficient (Wildman–Crippen LogP) is 2.36. The Labute approximate surface area is 140 Å². The molecule has 0 saturated carbocycles. The molecule has 6 heteroatoms. The van der Waals surface area contributed by atoms with Crippen LogP contribution < -0.4 is 4.74 Å². The summed E-state index contributed by atoms with van der Waals surface area (Å²) in [5, 5.41) is 10.1. The minimum Gasteiger partial charge on any atom is -0.497 e. The number of rotatable bonds is 5. The number of benzene rings is 1. The van der Waals surface area contributed by atoms with Gasteiger partial charge in [-0.3, -0.25) is 9.59 Å². The topological polar surface area (TPSA) is 71.8 Å². The Bertz CT molecular complexity index is 745. The molecule has 0 aliphatic carbocycles. The van der Waals surface area contributed by atoms with Gasteiger partial charge in [-0.05, 0) is 37.1 Å². The van der Waals surface area contributed by atoms with Crippen molar-refractivity contribution in [1.29, 1.82) is 0 Å². The van der Waals surface area contributed by atoms with Crippen LogP contribution in [0.4, 0.5) is 0 Å². The second-order valence-corrected chi connectivity index (χ2v) is 6.18. The minimum absolute atomic E-state index is 0.0919. The van der Waals surface area contributed by atoms with Crippen LogP contribution in [0.15, 0.2) is 30.5 Å². The molecule has 1 aliphatic rings. The van der Waals surface area contributed by atoms with Gasteiger partial charge in [0, 0.05) is 43.2 Å². The lowest BCUT2D eigenvalue weighted by molar-refractivity contribution is -0.145. The molecule has 0 bridgehead atoms. The molecular weight excluding hydrogens is 308 g/mol. The fourth-order valence-electron chi connectivity index (χ4n) is 3.25. The first-order valence-corrected chi connectivity index (χ1v) is 8.22. The number of carbonyl (C=O) groups excluding carboxylic acids is 1. The van der Waals surface area contributed by atoms with Crippen molar-refractivity contribution in [2.45, 2.75) is 25.8 Å². The van der Waals surface area contributed by atoms with Crippen LogP contribution in [-0.4, -0.2) is 46.6 Å². The number of fused-ring (bicyclic) bond motifs is 1. The van der Waals surface area contributed by atoms with E-state index < -0.39 is 5.97 Å². The number of amides is 1. The zero-order valence-electron chi connectivity index (χ0n) is 13.8. The highest BCUT2D eigenvalue weighted by atomic mass is 16.5. The molecule has 0 atom stereocenters. The minimum atomic E-state index is -0.753. The highest BCUT2D eigenvalue weighted by Gasteiger charge is 2.26. The Hall–Kier alpha value is -2.50. The van der Waals surface area contributed by atoms with Crippen LogP contribution >= 0.6 is 0 Å². The number of ether oxygens (including phenoxy) is 1. The zero-order chi connectivity index (χ0) is 17.1. The third kappa shape index (κ3) is 3.37. The Morgan fingerprint density at radius 3 is 2.67 bits per heavy atom. The number of hydrogen-bond donors (Lipinski definition) is 1. The average molecular weight is 330 g/mol. The molecule has 6 nitrogen and oxygen atoms in total. The summed E-state index contributed by atoms with van der Waals surface area (Å²) in [4.78, 5) is 25.1. The van der Waals surface area contributed by atoms with Crippen molar-refractivity contribution in [2.75, 3.05) is 20.2 Å². The van der Waals surface area contributed by atoms with Gasteiger partial charge in [0.15, 0.2) is 0 Å². The second-order valence-electron chi connectivity index (χ2n) is 6.18. The number of carboxylic acid groups (broad SMARTS) is 1. The molecule has 0 unspecified atom stereocenters. The first-order chi connectivity index (χ1) is 11.6. The van der Waals surface area contributed by atoms with Gasteiger partial charge >= 0.3 is 5.97 Å². The summed E-state index contributed by atoms with van der Waals surface area (Å²) in [7, 11) is 1.64. The van der Waals surface area contributed by atoms with Gasteiger partial charge in [-0.2, -0.15) is 0 Å². The predicted molar refractivity (Wildman–Crippen MR) is 90.0 cm³/mol. The number of carbonyl (C=O) groups is 2. The first-order valence-electron chi connectivity index (χ1n) is 8.22. The third-order valence-corrected chi connectivity index (χ3v) is 4.74. The number of piperidine rings is 1. The lowest BCUT2D eigenvalue weighted by Gasteiger charge is -2.30. The average Bonchev–Trinajstić information content (AvgIpc) is 3.01. The second kappa shape index (κ2) is 6.95. The number of aromatic nitrogens is 1. The number of hydrogen-bond acceptors (Lipinski definition) is 3. The zero-order valence-corrected chi connectivity index (χ0v) is 13.8. The molecule has 1 saturated heterocycles. The molecule has 0 radical (unpaired) electrons. The van der Waals surface area contributed by atoms with Crippen molar-refractivity contribution in [2.24, 2.45) is 5.92 Å². The largest absolute Gasteiger partial charge is 0.497 e. The summed E-state index contributed by atoms with van der Waals surface area (Å²) in [6.45, 7) is 1.70. The highest BCUT2D eigenvalue weighted by molar-refractivity contribution is 5.82. The van der Waals surface area contributed by atoms with Gasteiger partial charge in [0.05, 0.1) is 13.0 Å². The standard InChI is InChI=1S/C18H22N2O4/c1-24-15-2-3-16-14(12-15)6-8-19(16)11-7-17(21)20-9-4-13(5-10-20)18(22)23/h2-3,6,8,12-13H,4-5,7,9-11H2,1H3,(H,22,23). The summed E-state index contributed by atoms with van der Waals surface area (Å²) in [5.41, 5.74) is 1.08.